The summed E-state index contributed by atoms with van der Waals surface area (Å²) in [6, 6.07) is 13.8. The van der Waals surface area contributed by atoms with E-state index in [4.69, 9.17) is 11.6 Å². The number of alkyl halides is 1. The van der Waals surface area contributed by atoms with Crippen LogP contribution in [-0.4, -0.2) is 9.97 Å². The van der Waals surface area contributed by atoms with Gasteiger partial charge < -0.3 is 0 Å². The second-order valence-electron chi connectivity index (χ2n) is 3.63. The van der Waals surface area contributed by atoms with Crippen molar-refractivity contribution >= 4 is 33.7 Å². The minimum Gasteiger partial charge on any atom is -0.244 e. The number of hydrogen-bond acceptors (Lipinski definition) is 2. The minimum absolute atomic E-state index is 0.463. The van der Waals surface area contributed by atoms with Crippen LogP contribution in [0.25, 0.3) is 22.1 Å². The van der Waals surface area contributed by atoms with Crippen LogP contribution in [0, 0.1) is 0 Å². The average Bonchev–Trinajstić information content (AvgIpc) is 2.35. The van der Waals surface area contributed by atoms with Crippen LogP contribution in [0.15, 0.2) is 42.5 Å². The summed E-state index contributed by atoms with van der Waals surface area (Å²) in [4.78, 5) is 9.17. The summed E-state index contributed by atoms with van der Waals surface area (Å²) in [5, 5.41) is 0. The molecule has 1 heterocycles. The van der Waals surface area contributed by atoms with Gasteiger partial charge in [0, 0.05) is 5.88 Å². The van der Waals surface area contributed by atoms with Gasteiger partial charge in [-0.3, -0.25) is 0 Å². The van der Waals surface area contributed by atoms with Crippen LogP contribution in [0.3, 0.4) is 0 Å². The SMILES string of the molecule is ClCc1cccc2nc3ccccc3nc12. The molecule has 0 saturated heterocycles. The molecular weight excluding hydrogens is 220 g/mol. The first-order valence-electron chi connectivity index (χ1n) is 5.09. The van der Waals surface area contributed by atoms with E-state index in [-0.39, 0.29) is 0 Å². The van der Waals surface area contributed by atoms with Gasteiger partial charge in [0.2, 0.25) is 0 Å². The minimum atomic E-state index is 0.463. The maximum Gasteiger partial charge on any atom is 0.0938 e. The highest BCUT2D eigenvalue weighted by Crippen LogP contribution is 2.20. The van der Waals surface area contributed by atoms with Crippen LogP contribution in [0.2, 0.25) is 0 Å². The van der Waals surface area contributed by atoms with E-state index in [1.54, 1.807) is 0 Å². The van der Waals surface area contributed by atoms with Crippen LogP contribution in [0.4, 0.5) is 0 Å². The molecule has 3 rings (SSSR count). The summed E-state index contributed by atoms with van der Waals surface area (Å²) in [5.74, 6) is 0.463. The van der Waals surface area contributed by atoms with Crippen LogP contribution < -0.4 is 0 Å². The van der Waals surface area contributed by atoms with Crippen LogP contribution in [0.5, 0.6) is 0 Å². The Labute approximate surface area is 97.9 Å². The molecule has 0 amide bonds. The number of hydrogen-bond donors (Lipinski definition) is 0. The van der Waals surface area contributed by atoms with Crippen molar-refractivity contribution in [3.05, 3.63) is 48.0 Å². The summed E-state index contributed by atoms with van der Waals surface area (Å²) < 4.78 is 0. The van der Waals surface area contributed by atoms with Gasteiger partial charge >= 0.3 is 0 Å². The maximum absolute atomic E-state index is 5.89. The lowest BCUT2D eigenvalue weighted by Crippen LogP contribution is -1.90. The van der Waals surface area contributed by atoms with Crippen molar-refractivity contribution in [2.45, 2.75) is 5.88 Å². The molecule has 78 valence electrons. The first-order valence-corrected chi connectivity index (χ1v) is 5.62. The molecule has 0 N–H and O–H groups in total. The van der Waals surface area contributed by atoms with Crippen LogP contribution in [0.1, 0.15) is 5.56 Å². The lowest BCUT2D eigenvalue weighted by molar-refractivity contribution is 1.33. The van der Waals surface area contributed by atoms with E-state index in [2.05, 4.69) is 9.97 Å². The lowest BCUT2D eigenvalue weighted by atomic mass is 10.2. The molecule has 2 nitrogen and oxygen atoms in total. The zero-order valence-electron chi connectivity index (χ0n) is 8.52. The fourth-order valence-electron chi connectivity index (χ4n) is 1.81. The van der Waals surface area contributed by atoms with Crippen molar-refractivity contribution in [1.29, 1.82) is 0 Å². The molecule has 1 aromatic heterocycles. The molecule has 16 heavy (non-hydrogen) atoms. The van der Waals surface area contributed by atoms with E-state index in [0.717, 1.165) is 27.6 Å². The number of rotatable bonds is 1. The van der Waals surface area contributed by atoms with Gasteiger partial charge in [-0.25, -0.2) is 9.97 Å². The Hall–Kier alpha value is -1.67. The predicted molar refractivity (Wildman–Crippen MR) is 66.6 cm³/mol. The molecule has 0 radical (unpaired) electrons. The Kier molecular flexibility index (Phi) is 2.22. The van der Waals surface area contributed by atoms with Gasteiger partial charge in [-0.2, -0.15) is 0 Å². The summed E-state index contributed by atoms with van der Waals surface area (Å²) in [7, 11) is 0. The largest absolute Gasteiger partial charge is 0.244 e. The number of fused-ring (bicyclic) bond motifs is 2. The van der Waals surface area contributed by atoms with Gasteiger partial charge in [0.15, 0.2) is 0 Å². The highest BCUT2D eigenvalue weighted by atomic mass is 35.5. The smallest absolute Gasteiger partial charge is 0.0938 e. The molecule has 0 bridgehead atoms. The molecule has 3 aromatic rings. The van der Waals surface area contributed by atoms with Crippen molar-refractivity contribution < 1.29 is 0 Å². The van der Waals surface area contributed by atoms with Gasteiger partial charge in [0.1, 0.15) is 0 Å². The monoisotopic (exact) mass is 228 g/mol. The Bertz CT molecular complexity index is 664. The molecule has 0 aliphatic rings. The second kappa shape index (κ2) is 3.72. The van der Waals surface area contributed by atoms with Crippen molar-refractivity contribution in [3.8, 4) is 0 Å². The second-order valence-corrected chi connectivity index (χ2v) is 3.90. The molecule has 3 heteroatoms. The standard InChI is InChI=1S/C13H9ClN2/c14-8-9-4-3-7-12-13(9)16-11-6-2-1-5-10(11)15-12/h1-7H,8H2. The highest BCUT2D eigenvalue weighted by molar-refractivity contribution is 6.17. The Morgan fingerprint density at radius 3 is 2.25 bits per heavy atom. The van der Waals surface area contributed by atoms with E-state index >= 15 is 0 Å². The molecule has 0 fully saturated rings. The fourth-order valence-corrected chi connectivity index (χ4v) is 2.02. The first kappa shape index (κ1) is 9.55. The van der Waals surface area contributed by atoms with Crippen molar-refractivity contribution in [2.24, 2.45) is 0 Å². The third-order valence-electron chi connectivity index (χ3n) is 2.60. The number of para-hydroxylation sites is 3. The van der Waals surface area contributed by atoms with Crippen LogP contribution >= 0.6 is 11.6 Å². The molecule has 0 atom stereocenters. The third-order valence-corrected chi connectivity index (χ3v) is 2.89. The molecule has 0 saturated carbocycles. The van der Waals surface area contributed by atoms with Gasteiger partial charge in [-0.15, -0.1) is 11.6 Å². The Balaban J connectivity index is 2.46. The van der Waals surface area contributed by atoms with Crippen molar-refractivity contribution in [1.82, 2.24) is 9.97 Å². The van der Waals surface area contributed by atoms with Crippen LogP contribution in [-0.2, 0) is 5.88 Å². The number of nitrogens with zero attached hydrogens (tertiary/aromatic N) is 2. The van der Waals surface area contributed by atoms with E-state index in [0.29, 0.717) is 5.88 Å². The zero-order chi connectivity index (χ0) is 11.0. The normalized spacial score (nSPS) is 11.1. The number of benzene rings is 2. The molecule has 0 unspecified atom stereocenters. The molecule has 0 aliphatic carbocycles. The van der Waals surface area contributed by atoms with Gasteiger partial charge in [-0.1, -0.05) is 24.3 Å². The highest BCUT2D eigenvalue weighted by Gasteiger charge is 2.04. The van der Waals surface area contributed by atoms with E-state index in [1.165, 1.54) is 0 Å². The summed E-state index contributed by atoms with van der Waals surface area (Å²) in [6.45, 7) is 0. The molecule has 2 aromatic carbocycles. The van der Waals surface area contributed by atoms with E-state index in [9.17, 15) is 0 Å². The van der Waals surface area contributed by atoms with E-state index in [1.807, 2.05) is 42.5 Å². The van der Waals surface area contributed by atoms with Gasteiger partial charge in [-0.05, 0) is 23.8 Å². The average molecular weight is 229 g/mol. The van der Waals surface area contributed by atoms with Crippen molar-refractivity contribution in [2.75, 3.05) is 0 Å². The van der Waals surface area contributed by atoms with Gasteiger partial charge in [0.25, 0.3) is 0 Å². The summed E-state index contributed by atoms with van der Waals surface area (Å²) >= 11 is 5.89. The van der Waals surface area contributed by atoms with E-state index < -0.39 is 0 Å². The predicted octanol–water partition coefficient (Wildman–Crippen LogP) is 3.52. The topological polar surface area (TPSA) is 25.8 Å². The summed E-state index contributed by atoms with van der Waals surface area (Å²) in [6.07, 6.45) is 0. The molecular formula is C13H9ClN2. The van der Waals surface area contributed by atoms with Crippen molar-refractivity contribution in [3.63, 3.8) is 0 Å². The lowest BCUT2D eigenvalue weighted by Gasteiger charge is -2.03. The fraction of sp³-hybridized carbons (Fsp3) is 0.0769. The van der Waals surface area contributed by atoms with Gasteiger partial charge in [0.05, 0.1) is 22.1 Å². The zero-order valence-corrected chi connectivity index (χ0v) is 9.28. The number of aromatic nitrogens is 2. The molecule has 0 spiro atoms. The molecule has 0 aliphatic heterocycles. The Morgan fingerprint density at radius 2 is 1.50 bits per heavy atom. The quantitative estimate of drug-likeness (QED) is 0.471. The first-order chi connectivity index (χ1) is 7.88. The summed E-state index contributed by atoms with van der Waals surface area (Å²) in [5.41, 5.74) is 4.65. The third kappa shape index (κ3) is 1.42. The number of halogens is 1. The maximum atomic E-state index is 5.89. The Morgan fingerprint density at radius 1 is 0.812 bits per heavy atom.